The molecule has 7 nitrogen and oxygen atoms in total. The zero-order valence-electron chi connectivity index (χ0n) is 15.8. The van der Waals surface area contributed by atoms with Gasteiger partial charge in [0, 0.05) is 23.1 Å². The Kier molecular flexibility index (Phi) is 6.46. The van der Waals surface area contributed by atoms with E-state index in [1.807, 2.05) is 6.92 Å². The molecule has 29 heavy (non-hydrogen) atoms. The summed E-state index contributed by atoms with van der Waals surface area (Å²) in [5.74, 6) is 1.15. The Morgan fingerprint density at radius 2 is 1.69 bits per heavy atom. The number of benzene rings is 2. The fraction of sp³-hybridized carbons (Fsp3) is 0.150. The van der Waals surface area contributed by atoms with Crippen LogP contribution in [0.25, 0.3) is 0 Å². The molecule has 0 saturated carbocycles. The highest BCUT2D eigenvalue weighted by Gasteiger charge is 2.07. The van der Waals surface area contributed by atoms with Gasteiger partial charge in [-0.3, -0.25) is 0 Å². The lowest BCUT2D eigenvalue weighted by atomic mass is 10.2. The van der Waals surface area contributed by atoms with Crippen LogP contribution in [-0.2, 0) is 0 Å². The van der Waals surface area contributed by atoms with Gasteiger partial charge in [0.15, 0.2) is 0 Å². The van der Waals surface area contributed by atoms with Gasteiger partial charge in [-0.15, -0.1) is 0 Å². The minimum atomic E-state index is -0.548. The van der Waals surface area contributed by atoms with E-state index in [2.05, 4.69) is 25.9 Å². The van der Waals surface area contributed by atoms with E-state index in [-0.39, 0.29) is 5.02 Å². The van der Waals surface area contributed by atoms with Crippen LogP contribution in [0.3, 0.4) is 0 Å². The number of hydrogen-bond acceptors (Lipinski definition) is 5. The smallest absolute Gasteiger partial charge is 0.323 e. The van der Waals surface area contributed by atoms with Crippen LogP contribution in [0.5, 0.6) is 5.88 Å². The Balaban J connectivity index is 1.61. The van der Waals surface area contributed by atoms with E-state index in [0.29, 0.717) is 35.5 Å². The zero-order chi connectivity index (χ0) is 20.8. The monoisotopic (exact) mass is 415 g/mol. The van der Waals surface area contributed by atoms with Gasteiger partial charge in [-0.05, 0) is 56.3 Å². The lowest BCUT2D eigenvalue weighted by Gasteiger charge is -2.11. The number of carbonyl (C=O) groups is 1. The van der Waals surface area contributed by atoms with Crippen molar-refractivity contribution in [3.8, 4) is 5.88 Å². The van der Waals surface area contributed by atoms with Gasteiger partial charge < -0.3 is 20.7 Å². The summed E-state index contributed by atoms with van der Waals surface area (Å²) in [6.07, 6.45) is 0. The van der Waals surface area contributed by atoms with Gasteiger partial charge in [-0.25, -0.2) is 14.2 Å². The normalized spacial score (nSPS) is 10.3. The first kappa shape index (κ1) is 20.3. The number of nitrogens with one attached hydrogen (secondary N) is 3. The molecule has 1 heterocycles. The van der Waals surface area contributed by atoms with Crippen LogP contribution in [0.4, 0.5) is 32.1 Å². The molecular weight excluding hydrogens is 397 g/mol. The molecule has 2 amide bonds. The zero-order valence-corrected chi connectivity index (χ0v) is 16.5. The molecule has 3 rings (SSSR count). The van der Waals surface area contributed by atoms with Crippen LogP contribution in [0.2, 0.25) is 5.02 Å². The number of ether oxygens (including phenoxy) is 1. The lowest BCUT2D eigenvalue weighted by molar-refractivity contribution is 0.262. The summed E-state index contributed by atoms with van der Waals surface area (Å²) < 4.78 is 18.6. The maximum atomic E-state index is 13.2. The molecule has 2 aromatic carbocycles. The van der Waals surface area contributed by atoms with E-state index < -0.39 is 11.8 Å². The van der Waals surface area contributed by atoms with Crippen molar-refractivity contribution >= 4 is 40.5 Å². The molecule has 0 atom stereocenters. The number of carbonyl (C=O) groups excluding carboxylic acids is 1. The largest absolute Gasteiger partial charge is 0.478 e. The average Bonchev–Trinajstić information content (AvgIpc) is 2.66. The number of halogens is 2. The Morgan fingerprint density at radius 1 is 1.03 bits per heavy atom. The van der Waals surface area contributed by atoms with E-state index >= 15 is 0 Å². The molecule has 0 spiro atoms. The van der Waals surface area contributed by atoms with E-state index in [1.54, 1.807) is 37.3 Å². The molecule has 9 heteroatoms. The number of aryl methyl sites for hydroxylation is 1. The fourth-order valence-corrected chi connectivity index (χ4v) is 2.66. The minimum Gasteiger partial charge on any atom is -0.478 e. The maximum Gasteiger partial charge on any atom is 0.323 e. The van der Waals surface area contributed by atoms with Crippen molar-refractivity contribution < 1.29 is 13.9 Å². The van der Waals surface area contributed by atoms with Gasteiger partial charge in [0.1, 0.15) is 17.5 Å². The summed E-state index contributed by atoms with van der Waals surface area (Å²) in [6.45, 7) is 4.19. The second-order valence-electron chi connectivity index (χ2n) is 5.98. The highest BCUT2D eigenvalue weighted by Crippen LogP contribution is 2.22. The second-order valence-corrected chi connectivity index (χ2v) is 6.39. The molecule has 0 unspecified atom stereocenters. The van der Waals surface area contributed by atoms with Crippen LogP contribution in [0.15, 0.2) is 48.5 Å². The number of amides is 2. The van der Waals surface area contributed by atoms with Crippen molar-refractivity contribution in [2.24, 2.45) is 0 Å². The molecule has 0 aliphatic heterocycles. The van der Waals surface area contributed by atoms with E-state index in [1.165, 1.54) is 18.2 Å². The van der Waals surface area contributed by atoms with Gasteiger partial charge in [0.05, 0.1) is 11.6 Å². The van der Waals surface area contributed by atoms with E-state index in [9.17, 15) is 9.18 Å². The number of aromatic nitrogens is 2. The highest BCUT2D eigenvalue weighted by molar-refractivity contribution is 6.31. The standard InChI is InChI=1S/C20H19ClFN5O2/c1-3-29-19-11-18(23-12(2)24-19)25-13-4-6-14(7-5-13)26-20(28)27-15-8-9-17(22)16(21)10-15/h4-11H,3H2,1-2H3,(H,23,24,25)(H2,26,27,28). The van der Waals surface area contributed by atoms with Crippen molar-refractivity contribution in [2.75, 3.05) is 22.6 Å². The quantitative estimate of drug-likeness (QED) is 0.504. The Morgan fingerprint density at radius 3 is 2.38 bits per heavy atom. The Hall–Kier alpha value is -3.39. The number of anilines is 4. The first-order valence-electron chi connectivity index (χ1n) is 8.81. The highest BCUT2D eigenvalue weighted by atomic mass is 35.5. The molecule has 0 saturated heterocycles. The van der Waals surface area contributed by atoms with Gasteiger partial charge in [0.25, 0.3) is 0 Å². The first-order chi connectivity index (χ1) is 13.9. The van der Waals surface area contributed by atoms with E-state index in [4.69, 9.17) is 16.3 Å². The molecule has 3 aromatic rings. The molecular formula is C20H19ClFN5O2. The van der Waals surface area contributed by atoms with Crippen molar-refractivity contribution in [1.29, 1.82) is 0 Å². The first-order valence-corrected chi connectivity index (χ1v) is 9.19. The summed E-state index contributed by atoms with van der Waals surface area (Å²) in [6, 6.07) is 12.2. The van der Waals surface area contributed by atoms with Crippen molar-refractivity contribution in [3.63, 3.8) is 0 Å². The molecule has 0 bridgehead atoms. The van der Waals surface area contributed by atoms with Gasteiger partial charge in [-0.1, -0.05) is 11.6 Å². The van der Waals surface area contributed by atoms with Crippen LogP contribution in [0, 0.1) is 12.7 Å². The summed E-state index contributed by atoms with van der Waals surface area (Å²) in [4.78, 5) is 20.6. The molecule has 0 fully saturated rings. The SMILES string of the molecule is CCOc1cc(Nc2ccc(NC(=O)Nc3ccc(F)c(Cl)c3)cc2)nc(C)n1. The van der Waals surface area contributed by atoms with Crippen LogP contribution in [-0.4, -0.2) is 22.6 Å². The third-order valence-electron chi connectivity index (χ3n) is 3.70. The predicted octanol–water partition coefficient (Wildman–Crippen LogP) is 5.36. The molecule has 3 N–H and O–H groups in total. The summed E-state index contributed by atoms with van der Waals surface area (Å²) in [5.41, 5.74) is 1.74. The van der Waals surface area contributed by atoms with Crippen LogP contribution < -0.4 is 20.7 Å². The fourth-order valence-electron chi connectivity index (χ4n) is 2.48. The Labute approximate surface area is 172 Å². The average molecular weight is 416 g/mol. The molecule has 0 aliphatic carbocycles. The van der Waals surface area contributed by atoms with Crippen LogP contribution in [0.1, 0.15) is 12.7 Å². The Bertz CT molecular complexity index is 1010. The summed E-state index contributed by atoms with van der Waals surface area (Å²) in [7, 11) is 0. The predicted molar refractivity (Wildman–Crippen MR) is 112 cm³/mol. The summed E-state index contributed by atoms with van der Waals surface area (Å²) >= 11 is 5.71. The second kappa shape index (κ2) is 9.20. The lowest BCUT2D eigenvalue weighted by Crippen LogP contribution is -2.19. The third-order valence-corrected chi connectivity index (χ3v) is 3.99. The topological polar surface area (TPSA) is 88.2 Å². The van der Waals surface area contributed by atoms with Gasteiger partial charge in [-0.2, -0.15) is 4.98 Å². The van der Waals surface area contributed by atoms with Crippen molar-refractivity contribution in [3.05, 3.63) is 65.2 Å². The van der Waals surface area contributed by atoms with E-state index in [0.717, 1.165) is 5.69 Å². The van der Waals surface area contributed by atoms with Crippen LogP contribution >= 0.6 is 11.6 Å². The van der Waals surface area contributed by atoms with Gasteiger partial charge in [0.2, 0.25) is 5.88 Å². The third kappa shape index (κ3) is 5.79. The number of urea groups is 1. The van der Waals surface area contributed by atoms with Crippen molar-refractivity contribution in [2.45, 2.75) is 13.8 Å². The number of hydrogen-bond donors (Lipinski definition) is 3. The summed E-state index contributed by atoms with van der Waals surface area (Å²) in [5, 5.41) is 8.38. The number of nitrogens with zero attached hydrogens (tertiary/aromatic N) is 2. The van der Waals surface area contributed by atoms with Gasteiger partial charge >= 0.3 is 6.03 Å². The molecule has 150 valence electrons. The van der Waals surface area contributed by atoms with Crippen molar-refractivity contribution in [1.82, 2.24) is 9.97 Å². The minimum absolute atomic E-state index is 0.0642. The molecule has 0 radical (unpaired) electrons. The molecule has 0 aliphatic rings. The maximum absolute atomic E-state index is 13.2. The molecule has 1 aromatic heterocycles. The number of rotatable bonds is 6.